The van der Waals surface area contributed by atoms with Crippen LogP contribution in [0.5, 0.6) is 0 Å². The molecule has 0 bridgehead atoms. The number of hydrogen-bond acceptors (Lipinski definition) is 2. The van der Waals surface area contributed by atoms with Crippen molar-refractivity contribution in [2.24, 2.45) is 4.99 Å². The van der Waals surface area contributed by atoms with Gasteiger partial charge in [0.25, 0.3) is 0 Å². The summed E-state index contributed by atoms with van der Waals surface area (Å²) in [6.07, 6.45) is 3.68. The number of aliphatic imine (C=N–C) groups is 1. The first-order valence-electron chi connectivity index (χ1n) is 7.82. The molecule has 1 aliphatic rings. The smallest absolute Gasteiger partial charge is 0.191 e. The average molecular weight is 452 g/mol. The molecule has 1 aromatic rings. The molecule has 6 heteroatoms. The first-order chi connectivity index (χ1) is 10.6. The van der Waals surface area contributed by atoms with Gasteiger partial charge in [-0.2, -0.15) is 0 Å². The normalized spacial score (nSPS) is 17.7. The summed E-state index contributed by atoms with van der Waals surface area (Å²) < 4.78 is 5.15. The number of methoxy groups -OCH3 is 1. The Morgan fingerprint density at radius 2 is 2.00 bits per heavy atom. The first kappa shape index (κ1) is 20.5. The van der Waals surface area contributed by atoms with Crippen molar-refractivity contribution in [2.45, 2.75) is 37.6 Å². The molecule has 1 atom stereocenters. The molecule has 0 saturated heterocycles. The molecule has 0 aromatic heterocycles. The molecule has 0 spiro atoms. The monoisotopic (exact) mass is 451 g/mol. The molecule has 0 amide bonds. The van der Waals surface area contributed by atoms with Gasteiger partial charge in [-0.05, 0) is 37.5 Å². The zero-order valence-corrected chi connectivity index (χ0v) is 17.2. The minimum atomic E-state index is 0. The molecule has 130 valence electrons. The predicted molar refractivity (Wildman–Crippen MR) is 108 cm³/mol. The molecule has 0 aliphatic heterocycles. The van der Waals surface area contributed by atoms with Gasteiger partial charge in [-0.25, -0.2) is 0 Å². The van der Waals surface area contributed by atoms with E-state index in [2.05, 4.69) is 34.7 Å². The first-order valence-corrected chi connectivity index (χ1v) is 8.19. The van der Waals surface area contributed by atoms with Crippen LogP contribution in [0, 0.1) is 0 Å². The van der Waals surface area contributed by atoms with Crippen molar-refractivity contribution in [3.8, 4) is 0 Å². The van der Waals surface area contributed by atoms with Gasteiger partial charge in [-0.1, -0.05) is 30.2 Å². The molecular weight excluding hydrogens is 425 g/mol. The van der Waals surface area contributed by atoms with Crippen LogP contribution in [0.25, 0.3) is 0 Å². The standard InChI is InChI=1S/C17H26ClN3O.HI/c1-13(11-22-3)21-16(19-2)20-12-17(9-4-10-17)14-5-7-15(18)8-6-14;/h5-8,13H,4,9-12H2,1-3H3,(H2,19,20,21);1H. The fourth-order valence-corrected chi connectivity index (χ4v) is 3.07. The van der Waals surface area contributed by atoms with Crippen molar-refractivity contribution in [3.05, 3.63) is 34.9 Å². The maximum atomic E-state index is 6.00. The fraction of sp³-hybridized carbons (Fsp3) is 0.588. The van der Waals surface area contributed by atoms with E-state index < -0.39 is 0 Å². The molecule has 0 radical (unpaired) electrons. The lowest BCUT2D eigenvalue weighted by Crippen LogP contribution is -2.51. The van der Waals surface area contributed by atoms with Gasteiger partial charge < -0.3 is 15.4 Å². The van der Waals surface area contributed by atoms with Gasteiger partial charge >= 0.3 is 0 Å². The molecule has 1 saturated carbocycles. The van der Waals surface area contributed by atoms with E-state index in [0.717, 1.165) is 17.5 Å². The van der Waals surface area contributed by atoms with E-state index in [1.165, 1.54) is 24.8 Å². The highest BCUT2D eigenvalue weighted by atomic mass is 127. The summed E-state index contributed by atoms with van der Waals surface area (Å²) in [5.41, 5.74) is 1.56. The molecule has 1 aromatic carbocycles. The SMILES string of the molecule is CN=C(NCC1(c2ccc(Cl)cc2)CCC1)NC(C)COC.I. The van der Waals surface area contributed by atoms with E-state index in [4.69, 9.17) is 16.3 Å². The molecule has 1 aliphatic carbocycles. The minimum Gasteiger partial charge on any atom is -0.383 e. The molecule has 0 heterocycles. The van der Waals surface area contributed by atoms with Gasteiger partial charge in [0.15, 0.2) is 5.96 Å². The Morgan fingerprint density at radius 1 is 1.35 bits per heavy atom. The topological polar surface area (TPSA) is 45.7 Å². The summed E-state index contributed by atoms with van der Waals surface area (Å²) in [5, 5.41) is 7.60. The zero-order chi connectivity index (χ0) is 16.0. The largest absolute Gasteiger partial charge is 0.383 e. The zero-order valence-electron chi connectivity index (χ0n) is 14.1. The van der Waals surface area contributed by atoms with Crippen molar-refractivity contribution in [1.29, 1.82) is 0 Å². The van der Waals surface area contributed by atoms with Crippen molar-refractivity contribution >= 4 is 41.5 Å². The Balaban J connectivity index is 0.00000264. The van der Waals surface area contributed by atoms with Gasteiger partial charge in [0.05, 0.1) is 6.61 Å². The number of nitrogens with zero attached hydrogens (tertiary/aromatic N) is 1. The van der Waals surface area contributed by atoms with Gasteiger partial charge in [-0.15, -0.1) is 24.0 Å². The van der Waals surface area contributed by atoms with Crippen LogP contribution in [0.4, 0.5) is 0 Å². The van der Waals surface area contributed by atoms with Crippen LogP contribution >= 0.6 is 35.6 Å². The third-order valence-corrected chi connectivity index (χ3v) is 4.64. The molecule has 1 unspecified atom stereocenters. The highest BCUT2D eigenvalue weighted by Gasteiger charge is 2.38. The van der Waals surface area contributed by atoms with Crippen LogP contribution in [0.1, 0.15) is 31.7 Å². The quantitative estimate of drug-likeness (QED) is 0.395. The van der Waals surface area contributed by atoms with E-state index in [0.29, 0.717) is 6.61 Å². The van der Waals surface area contributed by atoms with E-state index in [-0.39, 0.29) is 35.4 Å². The Labute approximate surface area is 161 Å². The van der Waals surface area contributed by atoms with Gasteiger partial charge in [0.2, 0.25) is 0 Å². The average Bonchev–Trinajstić information content (AvgIpc) is 2.46. The summed E-state index contributed by atoms with van der Waals surface area (Å²) in [6.45, 7) is 3.62. The third kappa shape index (κ3) is 5.50. The molecule has 1 fully saturated rings. The van der Waals surface area contributed by atoms with Crippen molar-refractivity contribution < 1.29 is 4.74 Å². The van der Waals surface area contributed by atoms with Crippen LogP contribution in [0.15, 0.2) is 29.3 Å². The Bertz CT molecular complexity index is 503. The second-order valence-corrected chi connectivity index (χ2v) is 6.50. The lowest BCUT2D eigenvalue weighted by Gasteiger charge is -2.43. The highest BCUT2D eigenvalue weighted by molar-refractivity contribution is 14.0. The van der Waals surface area contributed by atoms with E-state index >= 15 is 0 Å². The summed E-state index contributed by atoms with van der Waals surface area (Å²) in [6, 6.07) is 8.47. The highest BCUT2D eigenvalue weighted by Crippen LogP contribution is 2.43. The summed E-state index contributed by atoms with van der Waals surface area (Å²) in [7, 11) is 3.50. The predicted octanol–water partition coefficient (Wildman–Crippen LogP) is 3.58. The molecule has 2 rings (SSSR count). The van der Waals surface area contributed by atoms with Crippen LogP contribution < -0.4 is 10.6 Å². The summed E-state index contributed by atoms with van der Waals surface area (Å²) in [4.78, 5) is 4.30. The number of nitrogens with one attached hydrogen (secondary N) is 2. The number of halogens is 2. The Kier molecular flexibility index (Phi) is 8.64. The molecule has 23 heavy (non-hydrogen) atoms. The summed E-state index contributed by atoms with van der Waals surface area (Å²) in [5.74, 6) is 0.824. The van der Waals surface area contributed by atoms with Crippen molar-refractivity contribution in [3.63, 3.8) is 0 Å². The van der Waals surface area contributed by atoms with Gasteiger partial charge in [0, 0.05) is 37.2 Å². The maximum absolute atomic E-state index is 6.00. The maximum Gasteiger partial charge on any atom is 0.191 e. The number of hydrogen-bond donors (Lipinski definition) is 2. The third-order valence-electron chi connectivity index (χ3n) is 4.38. The van der Waals surface area contributed by atoms with Gasteiger partial charge in [0.1, 0.15) is 0 Å². The molecular formula is C17H27ClIN3O. The lowest BCUT2D eigenvalue weighted by atomic mass is 9.64. The minimum absolute atomic E-state index is 0. The van der Waals surface area contributed by atoms with E-state index in [1.54, 1.807) is 14.2 Å². The molecule has 2 N–H and O–H groups in total. The number of guanidine groups is 1. The number of rotatable bonds is 6. The Hall–Kier alpha value is -0.530. The molecule has 4 nitrogen and oxygen atoms in total. The van der Waals surface area contributed by atoms with Gasteiger partial charge in [-0.3, -0.25) is 4.99 Å². The van der Waals surface area contributed by atoms with E-state index in [9.17, 15) is 0 Å². The number of benzene rings is 1. The lowest BCUT2D eigenvalue weighted by molar-refractivity contribution is 0.178. The fourth-order valence-electron chi connectivity index (χ4n) is 2.95. The van der Waals surface area contributed by atoms with Crippen molar-refractivity contribution in [2.75, 3.05) is 27.3 Å². The second-order valence-electron chi connectivity index (χ2n) is 6.07. The second kappa shape index (κ2) is 9.69. The number of ether oxygens (including phenoxy) is 1. The van der Waals surface area contributed by atoms with Crippen LogP contribution in [-0.4, -0.2) is 39.3 Å². The van der Waals surface area contributed by atoms with Crippen LogP contribution in [0.3, 0.4) is 0 Å². The van der Waals surface area contributed by atoms with Crippen LogP contribution in [-0.2, 0) is 10.2 Å². The van der Waals surface area contributed by atoms with E-state index in [1.807, 2.05) is 12.1 Å². The van der Waals surface area contributed by atoms with Crippen LogP contribution in [0.2, 0.25) is 5.02 Å². The Morgan fingerprint density at radius 3 is 2.48 bits per heavy atom. The van der Waals surface area contributed by atoms with Crippen molar-refractivity contribution in [1.82, 2.24) is 10.6 Å². The summed E-state index contributed by atoms with van der Waals surface area (Å²) >= 11 is 6.00.